The molecular formula is C29H29F2N3O2S. The maximum atomic E-state index is 13.8. The van der Waals surface area contributed by atoms with E-state index < -0.39 is 23.8 Å². The van der Waals surface area contributed by atoms with E-state index in [2.05, 4.69) is 34.7 Å². The molecule has 1 heterocycles. The smallest absolute Gasteiger partial charge is 0.251 e. The van der Waals surface area contributed by atoms with Gasteiger partial charge in [0.15, 0.2) is 0 Å². The van der Waals surface area contributed by atoms with Crippen molar-refractivity contribution in [2.45, 2.75) is 38.5 Å². The molecule has 0 saturated heterocycles. The summed E-state index contributed by atoms with van der Waals surface area (Å²) in [5.41, 5.74) is 3.96. The SMILES string of the molecule is CCc1cccc(CNC[C@@H](O)C(Cc2cc(F)cc(F)c2)NC(=O)c2ccc(-c3nccs3)cc2)c1. The van der Waals surface area contributed by atoms with Crippen LogP contribution in [0.4, 0.5) is 8.78 Å². The summed E-state index contributed by atoms with van der Waals surface area (Å²) in [6, 6.07) is 17.6. The number of halogens is 2. The molecule has 0 spiro atoms. The predicted molar refractivity (Wildman–Crippen MR) is 142 cm³/mol. The van der Waals surface area contributed by atoms with Crippen LogP contribution in [0.25, 0.3) is 10.6 Å². The Balaban J connectivity index is 1.45. The number of carbonyl (C=O) groups excluding carboxylic acids is 1. The lowest BCUT2D eigenvalue weighted by molar-refractivity contribution is 0.0830. The molecule has 0 aliphatic heterocycles. The second-order valence-electron chi connectivity index (χ2n) is 8.85. The molecule has 5 nitrogen and oxygen atoms in total. The Morgan fingerprint density at radius 1 is 1.00 bits per heavy atom. The Morgan fingerprint density at radius 2 is 1.73 bits per heavy atom. The van der Waals surface area contributed by atoms with E-state index in [0.29, 0.717) is 17.7 Å². The first kappa shape index (κ1) is 26.6. The molecule has 3 N–H and O–H groups in total. The van der Waals surface area contributed by atoms with E-state index in [0.717, 1.165) is 28.6 Å². The van der Waals surface area contributed by atoms with Gasteiger partial charge in [0.1, 0.15) is 16.6 Å². The highest BCUT2D eigenvalue weighted by molar-refractivity contribution is 7.13. The molecule has 0 fully saturated rings. The molecule has 2 atom stereocenters. The number of carbonyl (C=O) groups is 1. The van der Waals surface area contributed by atoms with Crippen LogP contribution < -0.4 is 10.6 Å². The minimum atomic E-state index is -1.00. The molecular weight excluding hydrogens is 492 g/mol. The maximum absolute atomic E-state index is 13.8. The zero-order chi connectivity index (χ0) is 26.2. The molecule has 4 aromatic rings. The van der Waals surface area contributed by atoms with E-state index >= 15 is 0 Å². The van der Waals surface area contributed by atoms with Crippen LogP contribution in [-0.2, 0) is 19.4 Å². The zero-order valence-electron chi connectivity index (χ0n) is 20.5. The highest BCUT2D eigenvalue weighted by Crippen LogP contribution is 2.22. The maximum Gasteiger partial charge on any atom is 0.251 e. The van der Waals surface area contributed by atoms with E-state index in [4.69, 9.17) is 0 Å². The molecule has 3 aromatic carbocycles. The lowest BCUT2D eigenvalue weighted by Gasteiger charge is -2.25. The minimum absolute atomic E-state index is 0.0613. The van der Waals surface area contributed by atoms with Gasteiger partial charge in [-0.15, -0.1) is 11.3 Å². The lowest BCUT2D eigenvalue weighted by atomic mass is 9.99. The van der Waals surface area contributed by atoms with E-state index in [1.165, 1.54) is 29.0 Å². The summed E-state index contributed by atoms with van der Waals surface area (Å²) >= 11 is 1.50. The van der Waals surface area contributed by atoms with Crippen molar-refractivity contribution in [1.82, 2.24) is 15.6 Å². The van der Waals surface area contributed by atoms with Gasteiger partial charge < -0.3 is 15.7 Å². The number of aliphatic hydroxyl groups is 1. The fourth-order valence-corrected chi connectivity index (χ4v) is 4.76. The Hall–Kier alpha value is -3.46. The number of thiazole rings is 1. The van der Waals surface area contributed by atoms with Crippen LogP contribution >= 0.6 is 11.3 Å². The predicted octanol–water partition coefficient (Wildman–Crippen LogP) is 5.14. The fourth-order valence-electron chi connectivity index (χ4n) is 4.11. The van der Waals surface area contributed by atoms with Crippen LogP contribution in [0.2, 0.25) is 0 Å². The van der Waals surface area contributed by atoms with Gasteiger partial charge in [0.2, 0.25) is 0 Å². The van der Waals surface area contributed by atoms with Crippen LogP contribution in [0, 0.1) is 11.6 Å². The molecule has 0 aliphatic carbocycles. The third kappa shape index (κ3) is 7.52. The first-order valence-corrected chi connectivity index (χ1v) is 13.0. The summed E-state index contributed by atoms with van der Waals surface area (Å²) in [7, 11) is 0. The Labute approximate surface area is 219 Å². The van der Waals surface area contributed by atoms with Crippen molar-refractivity contribution in [3.63, 3.8) is 0 Å². The average Bonchev–Trinajstić information content (AvgIpc) is 3.43. The van der Waals surface area contributed by atoms with Gasteiger partial charge in [-0.05, 0) is 53.8 Å². The Bertz CT molecular complexity index is 1290. The number of benzene rings is 3. The number of amides is 1. The topological polar surface area (TPSA) is 74.2 Å². The van der Waals surface area contributed by atoms with Gasteiger partial charge in [0, 0.05) is 41.9 Å². The summed E-state index contributed by atoms with van der Waals surface area (Å²) < 4.78 is 27.6. The largest absolute Gasteiger partial charge is 0.390 e. The quantitative estimate of drug-likeness (QED) is 0.256. The van der Waals surface area contributed by atoms with Crippen molar-refractivity contribution in [3.05, 3.63) is 112 Å². The van der Waals surface area contributed by atoms with Crippen molar-refractivity contribution in [2.24, 2.45) is 0 Å². The van der Waals surface area contributed by atoms with E-state index in [-0.39, 0.29) is 18.9 Å². The molecule has 8 heteroatoms. The molecule has 37 heavy (non-hydrogen) atoms. The number of aliphatic hydroxyl groups excluding tert-OH is 1. The summed E-state index contributed by atoms with van der Waals surface area (Å²) in [6.07, 6.45) is 1.71. The molecule has 0 radical (unpaired) electrons. The molecule has 1 unspecified atom stereocenters. The minimum Gasteiger partial charge on any atom is -0.390 e. The van der Waals surface area contributed by atoms with Crippen molar-refractivity contribution >= 4 is 17.2 Å². The summed E-state index contributed by atoms with van der Waals surface area (Å²) in [6.45, 7) is 2.81. The molecule has 4 rings (SSSR count). The standard InChI is InChI=1S/C29H29F2N3O2S/c1-2-19-4-3-5-20(12-19)17-32-18-27(35)26(15-21-13-24(30)16-25(31)14-21)34-28(36)22-6-8-23(9-7-22)29-33-10-11-37-29/h3-14,16,26-27,32,35H,2,15,17-18H2,1H3,(H,34,36)/t26?,27-/m1/s1. The molecule has 1 amide bonds. The normalized spacial score (nSPS) is 12.8. The highest BCUT2D eigenvalue weighted by Gasteiger charge is 2.23. The second-order valence-corrected chi connectivity index (χ2v) is 9.74. The number of aryl methyl sites for hydroxylation is 1. The molecule has 0 saturated carbocycles. The monoisotopic (exact) mass is 521 g/mol. The van der Waals surface area contributed by atoms with Gasteiger partial charge in [-0.25, -0.2) is 13.8 Å². The van der Waals surface area contributed by atoms with Crippen molar-refractivity contribution < 1.29 is 18.7 Å². The number of rotatable bonds is 11. The summed E-state index contributed by atoms with van der Waals surface area (Å²) in [4.78, 5) is 17.3. The van der Waals surface area contributed by atoms with Gasteiger partial charge in [-0.3, -0.25) is 4.79 Å². The molecule has 192 valence electrons. The number of aromatic nitrogens is 1. The number of nitrogens with zero attached hydrogens (tertiary/aromatic N) is 1. The zero-order valence-corrected chi connectivity index (χ0v) is 21.3. The summed E-state index contributed by atoms with van der Waals surface area (Å²) in [5.74, 6) is -1.80. The Morgan fingerprint density at radius 3 is 2.41 bits per heavy atom. The highest BCUT2D eigenvalue weighted by atomic mass is 32.1. The number of nitrogens with one attached hydrogen (secondary N) is 2. The van der Waals surface area contributed by atoms with Crippen LogP contribution in [0.15, 0.2) is 78.3 Å². The van der Waals surface area contributed by atoms with E-state index in [1.807, 2.05) is 29.6 Å². The average molecular weight is 522 g/mol. The molecule has 0 bridgehead atoms. The third-order valence-electron chi connectivity index (χ3n) is 6.07. The van der Waals surface area contributed by atoms with Crippen molar-refractivity contribution in [3.8, 4) is 10.6 Å². The lowest BCUT2D eigenvalue weighted by Crippen LogP contribution is -2.48. The van der Waals surface area contributed by atoms with Crippen LogP contribution in [0.1, 0.15) is 34.0 Å². The van der Waals surface area contributed by atoms with Crippen molar-refractivity contribution in [2.75, 3.05) is 6.54 Å². The van der Waals surface area contributed by atoms with Gasteiger partial charge in [-0.1, -0.05) is 43.3 Å². The van der Waals surface area contributed by atoms with E-state index in [9.17, 15) is 18.7 Å². The first-order valence-electron chi connectivity index (χ1n) is 12.1. The van der Waals surface area contributed by atoms with Crippen LogP contribution in [0.3, 0.4) is 0 Å². The van der Waals surface area contributed by atoms with Gasteiger partial charge in [0.25, 0.3) is 5.91 Å². The van der Waals surface area contributed by atoms with Crippen LogP contribution in [-0.4, -0.2) is 34.7 Å². The Kier molecular flexibility index (Phi) is 9.11. The second kappa shape index (κ2) is 12.7. The van der Waals surface area contributed by atoms with Gasteiger partial charge in [0.05, 0.1) is 12.1 Å². The van der Waals surface area contributed by atoms with Gasteiger partial charge >= 0.3 is 0 Å². The summed E-state index contributed by atoms with van der Waals surface area (Å²) in [5, 5.41) is 19.8. The van der Waals surface area contributed by atoms with Crippen molar-refractivity contribution in [1.29, 1.82) is 0 Å². The number of hydrogen-bond donors (Lipinski definition) is 3. The molecule has 1 aromatic heterocycles. The van der Waals surface area contributed by atoms with E-state index in [1.54, 1.807) is 18.3 Å². The van der Waals surface area contributed by atoms with Crippen LogP contribution in [0.5, 0.6) is 0 Å². The first-order chi connectivity index (χ1) is 17.9. The number of hydrogen-bond acceptors (Lipinski definition) is 5. The molecule has 0 aliphatic rings. The van der Waals surface area contributed by atoms with Gasteiger partial charge in [-0.2, -0.15) is 0 Å². The third-order valence-corrected chi connectivity index (χ3v) is 6.89. The fraction of sp³-hybridized carbons (Fsp3) is 0.241.